The number of nitrogens with zero attached hydrogens (tertiary/aromatic N) is 3. The SMILES string of the molecule is CC1C(N(C)C(=O)C(F)(F)F)CN1c1cc2c(cc1F)c(=O)c(C(=O)O)cn2C(C)(C)C. The second kappa shape index (κ2) is 7.49. The minimum absolute atomic E-state index is 0.0329. The van der Waals surface area contributed by atoms with Crippen LogP contribution >= 0.6 is 0 Å². The Kier molecular flexibility index (Phi) is 5.51. The van der Waals surface area contributed by atoms with Crippen molar-refractivity contribution in [1.82, 2.24) is 9.47 Å². The first-order chi connectivity index (χ1) is 14.6. The monoisotopic (exact) mass is 457 g/mol. The molecule has 11 heteroatoms. The van der Waals surface area contributed by atoms with E-state index in [2.05, 4.69) is 0 Å². The van der Waals surface area contributed by atoms with Crippen LogP contribution in [0.3, 0.4) is 0 Å². The number of likely N-dealkylation sites (N-methyl/N-ethyl adjacent to an activating group) is 1. The van der Waals surface area contributed by atoms with E-state index in [9.17, 15) is 37.1 Å². The molecule has 0 aliphatic carbocycles. The summed E-state index contributed by atoms with van der Waals surface area (Å²) in [5.41, 5.74) is -1.64. The van der Waals surface area contributed by atoms with Crippen molar-refractivity contribution in [2.45, 2.75) is 51.5 Å². The van der Waals surface area contributed by atoms with E-state index >= 15 is 0 Å². The van der Waals surface area contributed by atoms with Gasteiger partial charge in [-0.25, -0.2) is 9.18 Å². The van der Waals surface area contributed by atoms with Crippen molar-refractivity contribution in [3.8, 4) is 0 Å². The van der Waals surface area contributed by atoms with Gasteiger partial charge in [0, 0.05) is 36.8 Å². The van der Waals surface area contributed by atoms with Crippen LogP contribution in [-0.4, -0.2) is 58.3 Å². The standard InChI is InChI=1S/C21H23F4N3O4/c1-10-16(26(5)19(32)21(23,24)25)9-27(10)15-7-14-11(6-13(15)22)17(29)12(18(30)31)8-28(14)20(2,3)4/h6-8,10,16H,9H2,1-5H3,(H,30,31). The maximum absolute atomic E-state index is 15.0. The molecule has 1 saturated heterocycles. The van der Waals surface area contributed by atoms with Crippen molar-refractivity contribution in [2.24, 2.45) is 0 Å². The van der Waals surface area contributed by atoms with Crippen molar-refractivity contribution in [2.75, 3.05) is 18.5 Å². The van der Waals surface area contributed by atoms with Crippen molar-refractivity contribution < 1.29 is 32.3 Å². The van der Waals surface area contributed by atoms with E-state index in [1.165, 1.54) is 17.2 Å². The summed E-state index contributed by atoms with van der Waals surface area (Å²) in [4.78, 5) is 37.8. The Morgan fingerprint density at radius 3 is 2.25 bits per heavy atom. The van der Waals surface area contributed by atoms with Gasteiger partial charge in [0.05, 0.1) is 17.2 Å². The molecule has 2 aromatic rings. The van der Waals surface area contributed by atoms with Crippen LogP contribution < -0.4 is 10.3 Å². The number of benzene rings is 1. The van der Waals surface area contributed by atoms with Crippen LogP contribution in [0.4, 0.5) is 23.2 Å². The highest BCUT2D eigenvalue weighted by molar-refractivity contribution is 5.93. The topological polar surface area (TPSA) is 82.8 Å². The molecule has 32 heavy (non-hydrogen) atoms. The fraction of sp³-hybridized carbons (Fsp3) is 0.476. The molecule has 7 nitrogen and oxygen atoms in total. The summed E-state index contributed by atoms with van der Waals surface area (Å²) in [6, 6.07) is 0.942. The third-order valence-electron chi connectivity index (χ3n) is 5.83. The van der Waals surface area contributed by atoms with Crippen molar-refractivity contribution in [3.05, 3.63) is 39.9 Å². The number of carbonyl (C=O) groups excluding carboxylic acids is 1. The highest BCUT2D eigenvalue weighted by Gasteiger charge is 2.48. The van der Waals surface area contributed by atoms with Crippen molar-refractivity contribution in [3.63, 3.8) is 0 Å². The predicted octanol–water partition coefficient (Wildman–Crippen LogP) is 3.19. The van der Waals surface area contributed by atoms with Crippen LogP contribution in [0.5, 0.6) is 0 Å². The number of halogens is 4. The van der Waals surface area contributed by atoms with Gasteiger partial charge in [0.15, 0.2) is 0 Å². The Hall–Kier alpha value is -3.11. The van der Waals surface area contributed by atoms with Gasteiger partial charge in [-0.1, -0.05) is 0 Å². The van der Waals surface area contributed by atoms with E-state index in [4.69, 9.17) is 0 Å². The summed E-state index contributed by atoms with van der Waals surface area (Å²) >= 11 is 0. The van der Waals surface area contributed by atoms with E-state index in [-0.39, 0.29) is 17.6 Å². The average Bonchev–Trinajstić information content (AvgIpc) is 2.65. The van der Waals surface area contributed by atoms with Gasteiger partial charge in [-0.3, -0.25) is 9.59 Å². The molecule has 2 heterocycles. The molecule has 174 valence electrons. The van der Waals surface area contributed by atoms with Crippen LogP contribution in [-0.2, 0) is 10.3 Å². The number of pyridine rings is 1. The lowest BCUT2D eigenvalue weighted by Gasteiger charge is -2.51. The minimum atomic E-state index is -5.01. The van der Waals surface area contributed by atoms with E-state index in [0.29, 0.717) is 10.4 Å². The van der Waals surface area contributed by atoms with Crippen LogP contribution in [0.15, 0.2) is 23.1 Å². The normalized spacial score (nSPS) is 19.1. The van der Waals surface area contributed by atoms with Crippen molar-refractivity contribution in [1.29, 1.82) is 0 Å². The van der Waals surface area contributed by atoms with Gasteiger partial charge >= 0.3 is 18.1 Å². The lowest BCUT2D eigenvalue weighted by Crippen LogP contribution is -2.67. The largest absolute Gasteiger partial charge is 0.477 e. The van der Waals surface area contributed by atoms with Gasteiger partial charge in [0.25, 0.3) is 0 Å². The summed E-state index contributed by atoms with van der Waals surface area (Å²) < 4.78 is 54.8. The van der Waals surface area contributed by atoms with Gasteiger partial charge in [0.2, 0.25) is 5.43 Å². The molecule has 1 aromatic carbocycles. The van der Waals surface area contributed by atoms with Gasteiger partial charge < -0.3 is 19.5 Å². The number of hydrogen-bond acceptors (Lipinski definition) is 4. The number of alkyl halides is 3. The first-order valence-corrected chi connectivity index (χ1v) is 9.79. The zero-order valence-corrected chi connectivity index (χ0v) is 18.1. The molecule has 0 radical (unpaired) electrons. The summed E-state index contributed by atoms with van der Waals surface area (Å²) in [7, 11) is 1.05. The number of aromatic carboxylic acids is 1. The zero-order chi connectivity index (χ0) is 24.3. The predicted molar refractivity (Wildman–Crippen MR) is 110 cm³/mol. The number of aromatic nitrogens is 1. The van der Waals surface area contributed by atoms with E-state index in [0.717, 1.165) is 13.1 Å². The molecular weight excluding hydrogens is 434 g/mol. The van der Waals surface area contributed by atoms with Gasteiger partial charge in [-0.15, -0.1) is 0 Å². The van der Waals surface area contributed by atoms with E-state index in [1.807, 2.05) is 0 Å². The van der Waals surface area contributed by atoms with E-state index in [1.54, 1.807) is 32.3 Å². The molecular formula is C21H23F4N3O4. The van der Waals surface area contributed by atoms with Crippen LogP contribution in [0.25, 0.3) is 10.9 Å². The first kappa shape index (κ1) is 23.6. The van der Waals surface area contributed by atoms with Crippen LogP contribution in [0, 0.1) is 5.82 Å². The number of amides is 1. The Morgan fingerprint density at radius 1 is 1.19 bits per heavy atom. The first-order valence-electron chi connectivity index (χ1n) is 9.79. The molecule has 1 amide bonds. The fourth-order valence-corrected chi connectivity index (χ4v) is 3.97. The molecule has 1 aliphatic rings. The second-order valence-corrected chi connectivity index (χ2v) is 8.91. The van der Waals surface area contributed by atoms with E-state index < -0.39 is 52.5 Å². The van der Waals surface area contributed by atoms with Crippen LogP contribution in [0.2, 0.25) is 0 Å². The third kappa shape index (κ3) is 3.80. The Balaban J connectivity index is 2.08. The Bertz CT molecular complexity index is 1170. The number of carboxylic acids is 1. The second-order valence-electron chi connectivity index (χ2n) is 8.91. The average molecular weight is 457 g/mol. The highest BCUT2D eigenvalue weighted by atomic mass is 19.4. The molecule has 0 saturated carbocycles. The maximum Gasteiger partial charge on any atom is 0.471 e. The molecule has 3 rings (SSSR count). The Morgan fingerprint density at radius 2 is 1.78 bits per heavy atom. The number of fused-ring (bicyclic) bond motifs is 1. The molecule has 0 bridgehead atoms. The van der Waals surface area contributed by atoms with Gasteiger partial charge in [-0.2, -0.15) is 13.2 Å². The number of rotatable bonds is 3. The third-order valence-corrected chi connectivity index (χ3v) is 5.83. The van der Waals surface area contributed by atoms with Crippen molar-refractivity contribution >= 4 is 28.5 Å². The van der Waals surface area contributed by atoms with Gasteiger partial charge in [0.1, 0.15) is 11.4 Å². The lowest BCUT2D eigenvalue weighted by molar-refractivity contribution is -0.187. The smallest absolute Gasteiger partial charge is 0.471 e. The van der Waals surface area contributed by atoms with Gasteiger partial charge in [-0.05, 0) is 39.8 Å². The van der Waals surface area contributed by atoms with Crippen LogP contribution in [0.1, 0.15) is 38.1 Å². The molecule has 1 N–H and O–H groups in total. The lowest BCUT2D eigenvalue weighted by atomic mass is 9.94. The fourth-order valence-electron chi connectivity index (χ4n) is 3.97. The quantitative estimate of drug-likeness (QED) is 0.716. The number of hydrogen-bond donors (Lipinski definition) is 1. The molecule has 2 unspecified atom stereocenters. The maximum atomic E-state index is 15.0. The highest BCUT2D eigenvalue weighted by Crippen LogP contribution is 2.35. The molecule has 2 atom stereocenters. The zero-order valence-electron chi connectivity index (χ0n) is 18.1. The summed E-state index contributed by atoms with van der Waals surface area (Å²) in [6.45, 7) is 6.89. The number of carboxylic acid groups (broad SMARTS) is 1. The Labute approximate surface area is 180 Å². The summed E-state index contributed by atoms with van der Waals surface area (Å²) in [5.74, 6) is -4.22. The summed E-state index contributed by atoms with van der Waals surface area (Å²) in [5, 5.41) is 9.25. The molecule has 0 spiro atoms. The molecule has 1 fully saturated rings. The summed E-state index contributed by atoms with van der Waals surface area (Å²) in [6.07, 6.45) is -3.81. The molecule has 1 aromatic heterocycles. The number of carbonyl (C=O) groups is 2. The molecule has 1 aliphatic heterocycles. The minimum Gasteiger partial charge on any atom is -0.477 e. The number of anilines is 1.